The van der Waals surface area contributed by atoms with E-state index in [0.717, 1.165) is 11.1 Å². The fourth-order valence-corrected chi connectivity index (χ4v) is 3.68. The van der Waals surface area contributed by atoms with E-state index in [1.165, 1.54) is 23.2 Å². The number of hydrogen-bond donors (Lipinski definition) is 2. The summed E-state index contributed by atoms with van der Waals surface area (Å²) in [6, 6.07) is 4.62. The molecule has 7 nitrogen and oxygen atoms in total. The smallest absolute Gasteiger partial charge is 0.254 e. The van der Waals surface area contributed by atoms with Gasteiger partial charge in [0, 0.05) is 19.0 Å². The van der Waals surface area contributed by atoms with Crippen LogP contribution in [0.25, 0.3) is 10.2 Å². The van der Waals surface area contributed by atoms with Gasteiger partial charge in [-0.15, -0.1) is 0 Å². The number of nitrogens with zero attached hydrogens (tertiary/aromatic N) is 2. The summed E-state index contributed by atoms with van der Waals surface area (Å²) < 4.78 is 0.800. The van der Waals surface area contributed by atoms with Crippen LogP contribution in [-0.4, -0.2) is 40.2 Å². The van der Waals surface area contributed by atoms with Crippen molar-refractivity contribution in [1.29, 1.82) is 0 Å². The molecule has 2 aromatic rings. The van der Waals surface area contributed by atoms with Crippen LogP contribution in [0.15, 0.2) is 18.2 Å². The number of nitrogens with two attached hydrogens (primary N) is 1. The minimum absolute atomic E-state index is 0.193. The summed E-state index contributed by atoms with van der Waals surface area (Å²) in [6.45, 7) is 1.95. The predicted octanol–water partition coefficient (Wildman–Crippen LogP) is 1.34. The Morgan fingerprint density at radius 3 is 2.87 bits per heavy atom. The van der Waals surface area contributed by atoms with E-state index in [4.69, 9.17) is 5.73 Å². The van der Waals surface area contributed by atoms with Gasteiger partial charge in [0.2, 0.25) is 11.8 Å². The Morgan fingerprint density at radius 2 is 2.17 bits per heavy atom. The third-order valence-corrected chi connectivity index (χ3v) is 4.69. The molecule has 1 atom stereocenters. The third kappa shape index (κ3) is 3.02. The second-order valence-electron chi connectivity index (χ2n) is 5.44. The van der Waals surface area contributed by atoms with Gasteiger partial charge in [0.05, 0.1) is 10.2 Å². The number of carbonyl (C=O) groups excluding carboxylic acids is 3. The summed E-state index contributed by atoms with van der Waals surface area (Å²) in [5.74, 6) is -0.868. The number of aromatic nitrogens is 1. The first kappa shape index (κ1) is 15.4. The molecule has 0 bridgehead atoms. The largest absolute Gasteiger partial charge is 0.368 e. The molecular weight excluding hydrogens is 316 g/mol. The highest BCUT2D eigenvalue weighted by atomic mass is 32.1. The molecule has 3 amide bonds. The average molecular weight is 332 g/mol. The van der Waals surface area contributed by atoms with E-state index in [-0.39, 0.29) is 11.8 Å². The van der Waals surface area contributed by atoms with Crippen LogP contribution in [0, 0.1) is 0 Å². The van der Waals surface area contributed by atoms with Crippen LogP contribution in [0.3, 0.4) is 0 Å². The van der Waals surface area contributed by atoms with E-state index in [1.807, 2.05) is 0 Å². The Hall–Kier alpha value is -2.48. The highest BCUT2D eigenvalue weighted by molar-refractivity contribution is 7.22. The molecule has 2 heterocycles. The van der Waals surface area contributed by atoms with Crippen molar-refractivity contribution >= 4 is 44.4 Å². The molecule has 1 unspecified atom stereocenters. The number of nitrogens with one attached hydrogen (secondary N) is 1. The van der Waals surface area contributed by atoms with Gasteiger partial charge in [0.15, 0.2) is 5.13 Å². The van der Waals surface area contributed by atoms with Crippen LogP contribution in [0.5, 0.6) is 0 Å². The number of rotatable bonds is 3. The highest BCUT2D eigenvalue weighted by Gasteiger charge is 2.33. The zero-order valence-electron chi connectivity index (χ0n) is 12.5. The van der Waals surface area contributed by atoms with Crippen molar-refractivity contribution in [1.82, 2.24) is 9.88 Å². The predicted molar refractivity (Wildman–Crippen MR) is 87.2 cm³/mol. The molecule has 3 N–H and O–H groups in total. The number of likely N-dealkylation sites (tertiary alicyclic amines) is 1. The number of benzene rings is 1. The zero-order valence-corrected chi connectivity index (χ0v) is 13.4. The van der Waals surface area contributed by atoms with Crippen LogP contribution in [-0.2, 0) is 9.59 Å². The maximum absolute atomic E-state index is 12.6. The second-order valence-corrected chi connectivity index (χ2v) is 6.47. The summed E-state index contributed by atoms with van der Waals surface area (Å²) >= 11 is 1.30. The van der Waals surface area contributed by atoms with Crippen molar-refractivity contribution < 1.29 is 14.4 Å². The molecule has 1 aromatic heterocycles. The molecule has 1 aliphatic rings. The van der Waals surface area contributed by atoms with Crippen molar-refractivity contribution in [3.05, 3.63) is 23.8 Å². The number of thiazole rings is 1. The quantitative estimate of drug-likeness (QED) is 0.885. The highest BCUT2D eigenvalue weighted by Crippen LogP contribution is 2.28. The standard InChI is InChI=1S/C15H16N4O3S/c1-8(20)17-15-18-10-5-4-9(7-12(10)23-15)14(22)19-6-2-3-11(19)13(16)21/h4-5,7,11H,2-3,6H2,1H3,(H2,16,21)(H,17,18,20). The van der Waals surface area contributed by atoms with Crippen LogP contribution in [0.4, 0.5) is 5.13 Å². The first-order chi connectivity index (χ1) is 11.0. The van der Waals surface area contributed by atoms with Gasteiger partial charge in [-0.1, -0.05) is 11.3 Å². The van der Waals surface area contributed by atoms with E-state index in [1.54, 1.807) is 18.2 Å². The lowest BCUT2D eigenvalue weighted by atomic mass is 10.1. The third-order valence-electron chi connectivity index (χ3n) is 3.76. The Morgan fingerprint density at radius 1 is 1.39 bits per heavy atom. The number of amides is 3. The fraction of sp³-hybridized carbons (Fsp3) is 0.333. The van der Waals surface area contributed by atoms with Gasteiger partial charge in [-0.3, -0.25) is 14.4 Å². The topological polar surface area (TPSA) is 105 Å². The molecule has 0 saturated carbocycles. The molecule has 120 valence electrons. The van der Waals surface area contributed by atoms with Gasteiger partial charge in [-0.05, 0) is 31.0 Å². The molecular formula is C15H16N4O3S. The van der Waals surface area contributed by atoms with E-state index < -0.39 is 11.9 Å². The van der Waals surface area contributed by atoms with Gasteiger partial charge in [0.1, 0.15) is 6.04 Å². The number of hydrogen-bond acceptors (Lipinski definition) is 5. The molecule has 0 spiro atoms. The van der Waals surface area contributed by atoms with Gasteiger partial charge in [-0.25, -0.2) is 4.98 Å². The summed E-state index contributed by atoms with van der Waals surface area (Å²) in [4.78, 5) is 41.0. The SMILES string of the molecule is CC(=O)Nc1nc2ccc(C(=O)N3CCCC3C(N)=O)cc2s1. The molecule has 3 rings (SSSR count). The molecule has 1 saturated heterocycles. The fourth-order valence-electron chi connectivity index (χ4n) is 2.73. The minimum atomic E-state index is -0.533. The average Bonchev–Trinajstić information content (AvgIpc) is 3.10. The molecule has 1 aromatic carbocycles. The second kappa shape index (κ2) is 5.96. The minimum Gasteiger partial charge on any atom is -0.368 e. The molecule has 0 aliphatic carbocycles. The monoisotopic (exact) mass is 332 g/mol. The Labute approximate surface area is 136 Å². The Kier molecular flexibility index (Phi) is 3.99. The van der Waals surface area contributed by atoms with Crippen LogP contribution in [0.2, 0.25) is 0 Å². The van der Waals surface area contributed by atoms with Gasteiger partial charge < -0.3 is 16.0 Å². The lowest BCUT2D eigenvalue weighted by Gasteiger charge is -2.22. The van der Waals surface area contributed by atoms with Crippen molar-refractivity contribution in [2.24, 2.45) is 5.73 Å². The summed E-state index contributed by atoms with van der Waals surface area (Å²) in [7, 11) is 0. The van der Waals surface area contributed by atoms with Gasteiger partial charge in [-0.2, -0.15) is 0 Å². The van der Waals surface area contributed by atoms with Crippen LogP contribution >= 0.6 is 11.3 Å². The number of anilines is 1. The Bertz CT molecular complexity index is 801. The zero-order chi connectivity index (χ0) is 16.6. The lowest BCUT2D eigenvalue weighted by Crippen LogP contribution is -2.43. The van der Waals surface area contributed by atoms with E-state index in [2.05, 4.69) is 10.3 Å². The first-order valence-corrected chi connectivity index (χ1v) is 8.06. The molecule has 8 heteroatoms. The number of carbonyl (C=O) groups is 3. The number of primary amides is 1. The number of fused-ring (bicyclic) bond motifs is 1. The molecule has 1 fully saturated rings. The normalized spacial score (nSPS) is 17.4. The first-order valence-electron chi connectivity index (χ1n) is 7.24. The summed E-state index contributed by atoms with van der Waals surface area (Å²) in [6.07, 6.45) is 1.38. The molecule has 23 heavy (non-hydrogen) atoms. The summed E-state index contributed by atoms with van der Waals surface area (Å²) in [5.41, 5.74) is 6.56. The van der Waals surface area contributed by atoms with Gasteiger partial charge in [0.25, 0.3) is 5.91 Å². The Balaban J connectivity index is 1.89. The van der Waals surface area contributed by atoms with Crippen molar-refractivity contribution in [2.75, 3.05) is 11.9 Å². The van der Waals surface area contributed by atoms with E-state index in [0.29, 0.717) is 29.2 Å². The molecule has 1 aliphatic heterocycles. The van der Waals surface area contributed by atoms with E-state index >= 15 is 0 Å². The van der Waals surface area contributed by atoms with Crippen molar-refractivity contribution in [3.8, 4) is 0 Å². The summed E-state index contributed by atoms with van der Waals surface area (Å²) in [5, 5.41) is 3.13. The maximum Gasteiger partial charge on any atom is 0.254 e. The molecule has 0 radical (unpaired) electrons. The van der Waals surface area contributed by atoms with Crippen LogP contribution < -0.4 is 11.1 Å². The van der Waals surface area contributed by atoms with Gasteiger partial charge >= 0.3 is 0 Å². The maximum atomic E-state index is 12.6. The van der Waals surface area contributed by atoms with Crippen LogP contribution in [0.1, 0.15) is 30.1 Å². The van der Waals surface area contributed by atoms with Crippen molar-refractivity contribution in [3.63, 3.8) is 0 Å². The lowest BCUT2D eigenvalue weighted by molar-refractivity contribution is -0.121. The van der Waals surface area contributed by atoms with Crippen molar-refractivity contribution in [2.45, 2.75) is 25.8 Å². The van der Waals surface area contributed by atoms with E-state index in [9.17, 15) is 14.4 Å².